The minimum absolute atomic E-state index is 0.500. The Bertz CT molecular complexity index is 7410. The van der Waals surface area contributed by atoms with Gasteiger partial charge in [0.2, 0.25) is 45.5 Å². The SMILES string of the molecule is [2H]C([2H])(c1cc(C)[n+](C)c(-c2c(C)cc(C)c3c2oc2c([N+]#[C-])cccc23)c1)C(C)(C)C.[2H]C([2H])(c1cc(C)[n+](C)c(-c2c(C)ccc3c2oc2c([N+]#[C-])c(C)ccc23)c1)C(C)(C)C.[2H]C([2H])(c1cc(C)[n+](C)c(-c2c(C)ccc3c2oc2c([N+]#[C-])cc(C)cc23)c1)C(C)(C)C.[2H]C([2H])(c1cc(C)[n+](C)c(-c2c(C)ccc3c2oc2c([N+]#[C-])ccc(C)c23)c1)C(C)(C)C. The Balaban J connectivity index is 0.000000146. The standard InChI is InChI=1S/4C27H29N2O/c1-16-10-12-21(28-7)26-23(16)20-11-9-17(2)24(25(20)30-26)22-14-19(15-27(4,5)6)13-18(3)29(22)8;1-16-9-11-20-21-12-10-17(2)24(28-7)26(21)30-25(20)23(16)22-14-19(15-27(4,5)6)13-18(3)29(22)8;1-16-11-21-20-10-9-17(2)24(26(20)30-25(21)22(12-16)28-7)23-14-19(15-27(4,5)6)13-18(3)29(23)8;1-16-12-17(2)24(22-14-19(15-27(4,5)6)13-18(3)29(22)8)26-23(16)20-10-9-11-21(28-7)25(20)30-26/h4*9-14H,15H2,1-6,8H3/q4*+1/i4*15D2. The number of hydrogen-bond donors (Lipinski definition) is 0. The lowest BCUT2D eigenvalue weighted by Crippen LogP contribution is -2.35. The minimum atomic E-state index is -1.51. The van der Waals surface area contributed by atoms with Crippen molar-refractivity contribution in [2.24, 2.45) is 49.9 Å². The van der Waals surface area contributed by atoms with Gasteiger partial charge in [-0.2, -0.15) is 18.3 Å². The fraction of sp³-hybridized carbons (Fsp3) is 0.333. The predicted molar refractivity (Wildman–Crippen MR) is 496 cm³/mol. The molecule has 0 unspecified atom stereocenters. The molecule has 16 rings (SSSR count). The summed E-state index contributed by atoms with van der Waals surface area (Å²) in [5.41, 5.74) is 27.3. The number of rotatable bonds is 8. The highest BCUT2D eigenvalue weighted by molar-refractivity contribution is 6.17. The van der Waals surface area contributed by atoms with Gasteiger partial charge in [0.25, 0.3) is 0 Å². The molecule has 0 radical (unpaired) electrons. The van der Waals surface area contributed by atoms with E-state index in [4.69, 9.17) is 54.9 Å². The highest BCUT2D eigenvalue weighted by Crippen LogP contribution is 2.48. The van der Waals surface area contributed by atoms with E-state index in [9.17, 15) is 0 Å². The van der Waals surface area contributed by atoms with E-state index in [1.807, 2.05) is 278 Å². The van der Waals surface area contributed by atoms with Crippen molar-refractivity contribution < 1.29 is 46.9 Å². The molecule has 0 aliphatic rings. The van der Waals surface area contributed by atoms with Gasteiger partial charge in [-0.25, -0.2) is 19.4 Å². The molecule has 0 aliphatic carbocycles. The number of pyridine rings is 4. The van der Waals surface area contributed by atoms with Crippen molar-refractivity contribution in [2.45, 2.75) is 192 Å². The molecule has 12 heteroatoms. The molecular weight excluding hydrogens is 1470 g/mol. The van der Waals surface area contributed by atoms with Gasteiger partial charge in [-0.3, -0.25) is 0 Å². The van der Waals surface area contributed by atoms with Crippen LogP contribution in [0.5, 0.6) is 0 Å². The van der Waals surface area contributed by atoms with Crippen molar-refractivity contribution in [1.82, 2.24) is 0 Å². The molecular formula is C108H116N8O4+4. The highest BCUT2D eigenvalue weighted by atomic mass is 16.3. The molecule has 0 bridgehead atoms. The van der Waals surface area contributed by atoms with Crippen molar-refractivity contribution in [3.05, 3.63) is 281 Å². The molecule has 8 aromatic heterocycles. The summed E-state index contributed by atoms with van der Waals surface area (Å²) in [7, 11) is 7.99. The van der Waals surface area contributed by atoms with Gasteiger partial charge in [-0.05, 0) is 170 Å². The first kappa shape index (κ1) is 75.0. The van der Waals surface area contributed by atoms with E-state index in [2.05, 4.69) is 94.0 Å². The topological polar surface area (TPSA) is 85.5 Å². The van der Waals surface area contributed by atoms with Crippen LogP contribution in [0.4, 0.5) is 22.7 Å². The van der Waals surface area contributed by atoms with Crippen LogP contribution in [0, 0.1) is 131 Å². The zero-order valence-electron chi connectivity index (χ0n) is 83.1. The van der Waals surface area contributed by atoms with Crippen LogP contribution < -0.4 is 18.3 Å². The minimum Gasteiger partial charge on any atom is -0.466 e. The molecule has 8 heterocycles. The highest BCUT2D eigenvalue weighted by Gasteiger charge is 2.32. The summed E-state index contributed by atoms with van der Waals surface area (Å²) in [6.07, 6.45) is -6.04. The fourth-order valence-corrected chi connectivity index (χ4v) is 16.6. The Hall–Kier alpha value is -12.5. The maximum atomic E-state index is 8.84. The van der Waals surface area contributed by atoms with Crippen LogP contribution in [0.2, 0.25) is 0 Å². The van der Waals surface area contributed by atoms with Crippen LogP contribution in [0.3, 0.4) is 0 Å². The van der Waals surface area contributed by atoms with E-state index < -0.39 is 47.2 Å². The van der Waals surface area contributed by atoms with Crippen LogP contribution in [-0.2, 0) is 53.7 Å². The summed E-state index contributed by atoms with van der Waals surface area (Å²) in [6, 6.07) is 47.5. The van der Waals surface area contributed by atoms with E-state index in [0.717, 1.165) is 178 Å². The average Bonchev–Trinajstić information content (AvgIpc) is 1.56. The molecule has 608 valence electrons. The van der Waals surface area contributed by atoms with Crippen LogP contribution in [0.15, 0.2) is 163 Å². The molecule has 0 saturated carbocycles. The number of furan rings is 4. The lowest BCUT2D eigenvalue weighted by Gasteiger charge is -2.19. The number of aromatic nitrogens is 4. The summed E-state index contributed by atoms with van der Waals surface area (Å²) in [4.78, 5) is 14.7. The second kappa shape index (κ2) is 32.3. The summed E-state index contributed by atoms with van der Waals surface area (Å²) >= 11 is 0. The van der Waals surface area contributed by atoms with Crippen LogP contribution in [-0.4, -0.2) is 0 Å². The van der Waals surface area contributed by atoms with Gasteiger partial charge in [0, 0.05) is 130 Å². The van der Waals surface area contributed by atoms with Gasteiger partial charge in [0.15, 0.2) is 22.8 Å². The molecule has 0 amide bonds. The number of hydrogen-bond acceptors (Lipinski definition) is 4. The normalized spacial score (nSPS) is 13.4. The lowest BCUT2D eigenvalue weighted by molar-refractivity contribution is -0.666. The van der Waals surface area contributed by atoms with Gasteiger partial charge in [0.1, 0.15) is 72.9 Å². The van der Waals surface area contributed by atoms with Crippen LogP contribution in [0.25, 0.3) is 152 Å². The first-order chi connectivity index (χ1) is 59.5. The molecule has 0 saturated heterocycles. The Morgan fingerprint density at radius 3 is 1.02 bits per heavy atom. The second-order valence-electron chi connectivity index (χ2n) is 36.7. The van der Waals surface area contributed by atoms with Crippen LogP contribution >= 0.6 is 0 Å². The predicted octanol–water partition coefficient (Wildman–Crippen LogP) is 28.6. The molecule has 16 aromatic rings. The summed E-state index contributed by atoms with van der Waals surface area (Å²) in [5.74, 6) is 0. The Labute approximate surface area is 720 Å². The van der Waals surface area contributed by atoms with E-state index in [1.54, 1.807) is 6.07 Å². The quantitative estimate of drug-likeness (QED) is 0.112. The van der Waals surface area contributed by atoms with Gasteiger partial charge >= 0.3 is 0 Å². The monoisotopic (exact) mass is 1600 g/mol. The van der Waals surface area contributed by atoms with Gasteiger partial charge < -0.3 is 17.7 Å². The molecule has 8 aromatic carbocycles. The number of aryl methyl sites for hydroxylation is 12. The van der Waals surface area contributed by atoms with Gasteiger partial charge in [-0.1, -0.05) is 180 Å². The smallest absolute Gasteiger partial charge is 0.232 e. The number of fused-ring (bicyclic) bond motifs is 12. The van der Waals surface area contributed by atoms with Crippen LogP contribution in [0.1, 0.15) is 184 Å². The van der Waals surface area contributed by atoms with Gasteiger partial charge in [-0.15, -0.1) is 0 Å². The van der Waals surface area contributed by atoms with Crippen molar-refractivity contribution in [3.8, 4) is 45.0 Å². The van der Waals surface area contributed by atoms with Crippen molar-refractivity contribution in [1.29, 1.82) is 0 Å². The molecule has 0 N–H and O–H groups in total. The van der Waals surface area contributed by atoms with E-state index in [0.29, 0.717) is 67.3 Å². The summed E-state index contributed by atoms with van der Waals surface area (Å²) in [5, 5.41) is 7.69. The third kappa shape index (κ3) is 16.7. The third-order valence-corrected chi connectivity index (χ3v) is 22.4. The molecule has 0 fully saturated rings. The maximum Gasteiger partial charge on any atom is 0.232 e. The Morgan fingerprint density at radius 1 is 0.283 bits per heavy atom. The van der Waals surface area contributed by atoms with E-state index >= 15 is 0 Å². The average molecular weight is 1600 g/mol. The zero-order chi connectivity index (χ0) is 94.3. The van der Waals surface area contributed by atoms with Crippen molar-refractivity contribution >= 4 is 111 Å². The largest absolute Gasteiger partial charge is 0.466 e. The first-order valence-corrected chi connectivity index (χ1v) is 40.9. The van der Waals surface area contributed by atoms with Crippen molar-refractivity contribution in [2.75, 3.05) is 0 Å². The van der Waals surface area contributed by atoms with Gasteiger partial charge in [0.05, 0.1) is 48.5 Å². The molecule has 0 spiro atoms. The first-order valence-electron chi connectivity index (χ1n) is 44.9. The zero-order valence-corrected chi connectivity index (χ0v) is 75.1. The number of nitrogens with zero attached hydrogens (tertiary/aromatic N) is 8. The number of benzene rings is 8. The lowest BCUT2D eigenvalue weighted by atomic mass is 9.87. The molecule has 0 atom stereocenters. The molecule has 0 aliphatic heterocycles. The van der Waals surface area contributed by atoms with E-state index in [-0.39, 0.29) is 0 Å². The Morgan fingerprint density at radius 2 is 0.608 bits per heavy atom. The fourth-order valence-electron chi connectivity index (χ4n) is 16.6. The summed E-state index contributed by atoms with van der Waals surface area (Å²) in [6.45, 7) is 77.7. The Kier molecular flexibility index (Phi) is 20.2. The maximum absolute atomic E-state index is 8.84. The number of para-hydroxylation sites is 1. The third-order valence-electron chi connectivity index (χ3n) is 22.4. The molecule has 120 heavy (non-hydrogen) atoms. The molecule has 12 nitrogen and oxygen atoms in total. The summed E-state index contributed by atoms with van der Waals surface area (Å²) < 4.78 is 105. The second-order valence-corrected chi connectivity index (χ2v) is 36.7. The van der Waals surface area contributed by atoms with E-state index in [1.165, 1.54) is 0 Å². The van der Waals surface area contributed by atoms with Crippen molar-refractivity contribution in [3.63, 3.8) is 0 Å².